The summed E-state index contributed by atoms with van der Waals surface area (Å²) in [4.78, 5) is 0. The molecule has 0 heterocycles. The lowest BCUT2D eigenvalue weighted by atomic mass is 9.96. The predicted octanol–water partition coefficient (Wildman–Crippen LogP) is 2.82. The van der Waals surface area contributed by atoms with Gasteiger partial charge in [0.15, 0.2) is 0 Å². The van der Waals surface area contributed by atoms with Crippen LogP contribution in [0.5, 0.6) is 0 Å². The van der Waals surface area contributed by atoms with Gasteiger partial charge in [-0.05, 0) is 25.3 Å². The summed E-state index contributed by atoms with van der Waals surface area (Å²) >= 11 is 0. The fraction of sp³-hybridized carbons (Fsp3) is 0.385. The Morgan fingerprint density at radius 2 is 1.71 bits per heavy atom. The third kappa shape index (κ3) is 2.05. The highest BCUT2D eigenvalue weighted by Crippen LogP contribution is 2.47. The molecule has 1 heteroatoms. The SMILES string of the molecule is C=C.Cc1ccc(C2(CO)CC2)cc1. The van der Waals surface area contributed by atoms with Gasteiger partial charge in [0.05, 0.1) is 6.61 Å². The van der Waals surface area contributed by atoms with Crippen LogP contribution in [0.25, 0.3) is 0 Å². The Morgan fingerprint density at radius 1 is 1.21 bits per heavy atom. The topological polar surface area (TPSA) is 20.2 Å². The molecule has 1 aromatic rings. The van der Waals surface area contributed by atoms with Gasteiger partial charge in [0.2, 0.25) is 0 Å². The number of rotatable bonds is 2. The van der Waals surface area contributed by atoms with Crippen molar-refractivity contribution in [3.63, 3.8) is 0 Å². The molecule has 0 aromatic heterocycles. The van der Waals surface area contributed by atoms with E-state index in [9.17, 15) is 5.11 Å². The molecule has 0 saturated heterocycles. The molecule has 14 heavy (non-hydrogen) atoms. The molecule has 1 aromatic carbocycles. The van der Waals surface area contributed by atoms with Gasteiger partial charge in [-0.2, -0.15) is 0 Å². The summed E-state index contributed by atoms with van der Waals surface area (Å²) < 4.78 is 0. The van der Waals surface area contributed by atoms with E-state index in [0.29, 0.717) is 6.61 Å². The quantitative estimate of drug-likeness (QED) is 0.711. The first-order valence-corrected chi connectivity index (χ1v) is 4.95. The van der Waals surface area contributed by atoms with Crippen molar-refractivity contribution in [1.82, 2.24) is 0 Å². The van der Waals surface area contributed by atoms with Crippen molar-refractivity contribution < 1.29 is 5.11 Å². The van der Waals surface area contributed by atoms with Crippen molar-refractivity contribution in [2.24, 2.45) is 0 Å². The zero-order valence-electron chi connectivity index (χ0n) is 8.79. The maximum atomic E-state index is 9.18. The first-order chi connectivity index (χ1) is 6.77. The lowest BCUT2D eigenvalue weighted by Crippen LogP contribution is -2.11. The second kappa shape index (κ2) is 4.43. The van der Waals surface area contributed by atoms with Crippen LogP contribution in [0.1, 0.15) is 24.0 Å². The van der Waals surface area contributed by atoms with E-state index in [-0.39, 0.29) is 5.41 Å². The summed E-state index contributed by atoms with van der Waals surface area (Å²) in [7, 11) is 0. The van der Waals surface area contributed by atoms with Crippen LogP contribution in [0.15, 0.2) is 37.4 Å². The number of hydrogen-bond donors (Lipinski definition) is 1. The molecule has 0 radical (unpaired) electrons. The van der Waals surface area contributed by atoms with Crippen molar-refractivity contribution in [1.29, 1.82) is 0 Å². The number of hydrogen-bond acceptors (Lipinski definition) is 1. The van der Waals surface area contributed by atoms with E-state index in [1.165, 1.54) is 11.1 Å². The van der Waals surface area contributed by atoms with Crippen LogP contribution in [0.2, 0.25) is 0 Å². The lowest BCUT2D eigenvalue weighted by molar-refractivity contribution is 0.255. The maximum Gasteiger partial charge on any atom is 0.0527 e. The monoisotopic (exact) mass is 190 g/mol. The van der Waals surface area contributed by atoms with E-state index >= 15 is 0 Å². The van der Waals surface area contributed by atoms with Gasteiger partial charge in [-0.25, -0.2) is 0 Å². The molecule has 1 N–H and O–H groups in total. The highest BCUT2D eigenvalue weighted by molar-refractivity contribution is 5.33. The van der Waals surface area contributed by atoms with Crippen LogP contribution in [-0.2, 0) is 5.41 Å². The molecular formula is C13H18O. The molecule has 1 fully saturated rings. The third-order valence-electron chi connectivity index (χ3n) is 2.82. The van der Waals surface area contributed by atoms with Crippen LogP contribution in [0.4, 0.5) is 0 Å². The molecule has 2 rings (SSSR count). The van der Waals surface area contributed by atoms with Crippen LogP contribution in [-0.4, -0.2) is 11.7 Å². The Hall–Kier alpha value is -1.08. The molecule has 1 aliphatic carbocycles. The number of benzene rings is 1. The Kier molecular flexibility index (Phi) is 3.48. The second-order valence-electron chi connectivity index (χ2n) is 3.80. The van der Waals surface area contributed by atoms with E-state index in [0.717, 1.165) is 12.8 Å². The first-order valence-electron chi connectivity index (χ1n) is 4.95. The zero-order chi connectivity index (χ0) is 10.6. The molecule has 0 atom stereocenters. The minimum Gasteiger partial charge on any atom is -0.395 e. The minimum absolute atomic E-state index is 0.133. The normalized spacial score (nSPS) is 16.7. The molecule has 76 valence electrons. The van der Waals surface area contributed by atoms with Crippen molar-refractivity contribution >= 4 is 0 Å². The van der Waals surface area contributed by atoms with Gasteiger partial charge in [-0.15, -0.1) is 13.2 Å². The molecule has 0 bridgehead atoms. The first kappa shape index (κ1) is 11.0. The molecule has 0 aliphatic heterocycles. The summed E-state index contributed by atoms with van der Waals surface area (Å²) in [6.07, 6.45) is 2.29. The Bertz CT molecular complexity index is 283. The van der Waals surface area contributed by atoms with Gasteiger partial charge in [-0.3, -0.25) is 0 Å². The molecular weight excluding hydrogens is 172 g/mol. The van der Waals surface area contributed by atoms with Gasteiger partial charge in [0.1, 0.15) is 0 Å². The van der Waals surface area contributed by atoms with Crippen LogP contribution < -0.4 is 0 Å². The van der Waals surface area contributed by atoms with Gasteiger partial charge in [0.25, 0.3) is 0 Å². The standard InChI is InChI=1S/C11H14O.C2H4/c1-9-2-4-10(5-3-9)11(8-12)6-7-11;1-2/h2-5,12H,6-8H2,1H3;1-2H2. The lowest BCUT2D eigenvalue weighted by Gasteiger charge is -2.11. The summed E-state index contributed by atoms with van der Waals surface area (Å²) in [5, 5.41) is 9.18. The second-order valence-corrected chi connectivity index (χ2v) is 3.80. The van der Waals surface area contributed by atoms with Crippen molar-refractivity contribution in [3.8, 4) is 0 Å². The highest BCUT2D eigenvalue weighted by Gasteiger charge is 2.43. The Morgan fingerprint density at radius 3 is 2.07 bits per heavy atom. The number of aliphatic hydroxyl groups excluding tert-OH is 1. The van der Waals surface area contributed by atoms with Gasteiger partial charge in [-0.1, -0.05) is 29.8 Å². The average molecular weight is 190 g/mol. The van der Waals surface area contributed by atoms with Crippen molar-refractivity contribution in [3.05, 3.63) is 48.6 Å². The predicted molar refractivity (Wildman–Crippen MR) is 60.4 cm³/mol. The average Bonchev–Trinajstić information content (AvgIpc) is 3.03. The molecule has 0 spiro atoms. The van der Waals surface area contributed by atoms with Gasteiger partial charge >= 0.3 is 0 Å². The zero-order valence-corrected chi connectivity index (χ0v) is 8.79. The number of aryl methyl sites for hydroxylation is 1. The maximum absolute atomic E-state index is 9.18. The molecule has 1 saturated carbocycles. The minimum atomic E-state index is 0.133. The summed E-state index contributed by atoms with van der Waals surface area (Å²) in [6, 6.07) is 8.51. The van der Waals surface area contributed by atoms with Crippen LogP contribution in [0.3, 0.4) is 0 Å². The summed E-state index contributed by atoms with van der Waals surface area (Å²) in [5.41, 5.74) is 2.72. The van der Waals surface area contributed by atoms with Crippen molar-refractivity contribution in [2.45, 2.75) is 25.2 Å². The third-order valence-corrected chi connectivity index (χ3v) is 2.82. The smallest absolute Gasteiger partial charge is 0.0527 e. The largest absolute Gasteiger partial charge is 0.395 e. The fourth-order valence-electron chi connectivity index (χ4n) is 1.60. The van der Waals surface area contributed by atoms with E-state index < -0.39 is 0 Å². The highest BCUT2D eigenvalue weighted by atomic mass is 16.3. The molecule has 1 nitrogen and oxygen atoms in total. The van der Waals surface area contributed by atoms with Gasteiger partial charge in [0, 0.05) is 5.41 Å². The Labute approximate surface area is 86.1 Å². The molecule has 0 amide bonds. The van der Waals surface area contributed by atoms with E-state index in [4.69, 9.17) is 0 Å². The van der Waals surface area contributed by atoms with Crippen LogP contribution >= 0.6 is 0 Å². The van der Waals surface area contributed by atoms with Gasteiger partial charge < -0.3 is 5.11 Å². The fourth-order valence-corrected chi connectivity index (χ4v) is 1.60. The van der Waals surface area contributed by atoms with E-state index in [2.05, 4.69) is 44.3 Å². The van der Waals surface area contributed by atoms with E-state index in [1.54, 1.807) is 0 Å². The summed E-state index contributed by atoms with van der Waals surface area (Å²) in [5.74, 6) is 0. The van der Waals surface area contributed by atoms with Crippen LogP contribution in [0, 0.1) is 6.92 Å². The summed E-state index contributed by atoms with van der Waals surface area (Å²) in [6.45, 7) is 8.39. The Balaban J connectivity index is 0.000000461. The molecule has 1 aliphatic rings. The molecule has 0 unspecified atom stereocenters. The number of aliphatic hydroxyl groups is 1. The van der Waals surface area contributed by atoms with E-state index in [1.807, 2.05) is 0 Å². The van der Waals surface area contributed by atoms with Crippen molar-refractivity contribution in [2.75, 3.05) is 6.61 Å².